The first kappa shape index (κ1) is 11.7. The maximum Gasteiger partial charge on any atom is 0.135 e. The van der Waals surface area contributed by atoms with E-state index in [2.05, 4.69) is 36.7 Å². The van der Waals surface area contributed by atoms with Crippen molar-refractivity contribution in [3.05, 3.63) is 23.8 Å². The third-order valence-corrected chi connectivity index (χ3v) is 2.93. The molecule has 0 aliphatic carbocycles. The van der Waals surface area contributed by atoms with E-state index < -0.39 is 0 Å². The Morgan fingerprint density at radius 2 is 2.20 bits per heavy atom. The molecule has 0 fully saturated rings. The van der Waals surface area contributed by atoms with Crippen LogP contribution in [0.4, 0.5) is 0 Å². The van der Waals surface area contributed by atoms with Crippen LogP contribution in [-0.4, -0.2) is 9.97 Å². The van der Waals surface area contributed by atoms with Crippen molar-refractivity contribution < 1.29 is 0 Å². The highest BCUT2D eigenvalue weighted by atomic mass is 14.9. The Hall–Kier alpha value is -1.36. The summed E-state index contributed by atoms with van der Waals surface area (Å²) in [6.45, 7) is 6.55. The van der Waals surface area contributed by atoms with Gasteiger partial charge in [0, 0.05) is 11.6 Å². The fraction of sp³-hybridized carbons (Fsp3) is 0.538. The van der Waals surface area contributed by atoms with E-state index in [1.165, 1.54) is 0 Å². The van der Waals surface area contributed by atoms with Crippen molar-refractivity contribution in [3.8, 4) is 12.3 Å². The molecule has 0 radical (unpaired) electrons. The van der Waals surface area contributed by atoms with Gasteiger partial charge in [0.15, 0.2) is 0 Å². The van der Waals surface area contributed by atoms with Crippen molar-refractivity contribution in [2.45, 2.75) is 45.4 Å². The van der Waals surface area contributed by atoms with Crippen molar-refractivity contribution in [1.82, 2.24) is 9.97 Å². The largest absolute Gasteiger partial charge is 0.241 e. The van der Waals surface area contributed by atoms with Crippen LogP contribution < -0.4 is 0 Å². The first-order chi connectivity index (χ1) is 7.16. The van der Waals surface area contributed by atoms with Crippen LogP contribution in [0.3, 0.4) is 0 Å². The normalized spacial score (nSPS) is 14.3. The lowest BCUT2D eigenvalue weighted by molar-refractivity contribution is 0.389. The van der Waals surface area contributed by atoms with Gasteiger partial charge in [-0.25, -0.2) is 9.97 Å². The van der Waals surface area contributed by atoms with E-state index in [0.717, 1.165) is 25.1 Å². The number of terminal acetylenes is 1. The Bertz CT molecular complexity index is 365. The number of hydrogen-bond donors (Lipinski definition) is 0. The minimum Gasteiger partial charge on any atom is -0.241 e. The van der Waals surface area contributed by atoms with Gasteiger partial charge in [0.05, 0.1) is 0 Å². The second-order valence-corrected chi connectivity index (χ2v) is 4.07. The van der Waals surface area contributed by atoms with Crippen LogP contribution in [0.15, 0.2) is 12.3 Å². The van der Waals surface area contributed by atoms with E-state index in [-0.39, 0.29) is 5.41 Å². The standard InChI is InChI=1S/C13H18N2/c1-5-9-13(4,7-3)12-14-10-8-11(6-2)15-12/h2,8,10H,5,7,9H2,1,3-4H3. The second kappa shape index (κ2) is 4.93. The smallest absolute Gasteiger partial charge is 0.135 e. The van der Waals surface area contributed by atoms with E-state index in [4.69, 9.17) is 6.42 Å². The lowest BCUT2D eigenvalue weighted by Crippen LogP contribution is -2.24. The summed E-state index contributed by atoms with van der Waals surface area (Å²) < 4.78 is 0. The maximum atomic E-state index is 5.34. The summed E-state index contributed by atoms with van der Waals surface area (Å²) in [6.07, 6.45) is 10.4. The summed E-state index contributed by atoms with van der Waals surface area (Å²) in [7, 11) is 0. The van der Waals surface area contributed by atoms with Crippen LogP contribution in [-0.2, 0) is 5.41 Å². The van der Waals surface area contributed by atoms with Crippen LogP contribution in [0.2, 0.25) is 0 Å². The molecular formula is C13H18N2. The Labute approximate surface area is 92.2 Å². The van der Waals surface area contributed by atoms with Gasteiger partial charge in [0.2, 0.25) is 0 Å². The van der Waals surface area contributed by atoms with Gasteiger partial charge in [-0.2, -0.15) is 0 Å². The number of aromatic nitrogens is 2. The molecule has 1 rings (SSSR count). The topological polar surface area (TPSA) is 25.8 Å². The molecular weight excluding hydrogens is 184 g/mol. The molecule has 1 aromatic heterocycles. The summed E-state index contributed by atoms with van der Waals surface area (Å²) in [5.74, 6) is 3.43. The fourth-order valence-corrected chi connectivity index (χ4v) is 1.73. The zero-order valence-corrected chi connectivity index (χ0v) is 9.75. The molecule has 15 heavy (non-hydrogen) atoms. The molecule has 0 spiro atoms. The van der Waals surface area contributed by atoms with Gasteiger partial charge in [0.25, 0.3) is 0 Å². The summed E-state index contributed by atoms with van der Waals surface area (Å²) in [5, 5.41) is 0. The molecule has 2 heteroatoms. The van der Waals surface area contributed by atoms with E-state index in [1.54, 1.807) is 12.3 Å². The van der Waals surface area contributed by atoms with Crippen LogP contribution in [0.1, 0.15) is 51.6 Å². The van der Waals surface area contributed by atoms with E-state index >= 15 is 0 Å². The minimum absolute atomic E-state index is 0.0572. The Kier molecular flexibility index (Phi) is 3.85. The van der Waals surface area contributed by atoms with Crippen LogP contribution in [0.5, 0.6) is 0 Å². The van der Waals surface area contributed by atoms with Gasteiger partial charge in [-0.1, -0.05) is 33.1 Å². The van der Waals surface area contributed by atoms with Gasteiger partial charge >= 0.3 is 0 Å². The highest BCUT2D eigenvalue weighted by Gasteiger charge is 2.26. The summed E-state index contributed by atoms with van der Waals surface area (Å²) in [4.78, 5) is 8.75. The third kappa shape index (κ3) is 2.56. The summed E-state index contributed by atoms with van der Waals surface area (Å²) in [6, 6.07) is 1.77. The average Bonchev–Trinajstić information content (AvgIpc) is 2.29. The lowest BCUT2D eigenvalue weighted by Gasteiger charge is -2.25. The first-order valence-corrected chi connectivity index (χ1v) is 5.46. The number of hydrogen-bond acceptors (Lipinski definition) is 2. The van der Waals surface area contributed by atoms with Crippen molar-refractivity contribution in [3.63, 3.8) is 0 Å². The molecule has 0 bridgehead atoms. The molecule has 0 amide bonds. The number of rotatable bonds is 4. The molecule has 0 saturated heterocycles. The molecule has 2 nitrogen and oxygen atoms in total. The molecule has 0 aromatic carbocycles. The molecule has 0 saturated carbocycles. The van der Waals surface area contributed by atoms with Gasteiger partial charge in [-0.3, -0.25) is 0 Å². The number of nitrogens with zero attached hydrogens (tertiary/aromatic N) is 2. The summed E-state index contributed by atoms with van der Waals surface area (Å²) in [5.41, 5.74) is 0.734. The van der Waals surface area contributed by atoms with Gasteiger partial charge < -0.3 is 0 Å². The molecule has 80 valence electrons. The first-order valence-electron chi connectivity index (χ1n) is 5.46. The highest BCUT2D eigenvalue weighted by molar-refractivity contribution is 5.24. The van der Waals surface area contributed by atoms with Crippen LogP contribution >= 0.6 is 0 Å². The van der Waals surface area contributed by atoms with E-state index in [1.807, 2.05) is 0 Å². The van der Waals surface area contributed by atoms with Gasteiger partial charge in [-0.15, -0.1) is 6.42 Å². The van der Waals surface area contributed by atoms with Gasteiger partial charge in [-0.05, 0) is 18.9 Å². The Morgan fingerprint density at radius 1 is 1.47 bits per heavy atom. The average molecular weight is 202 g/mol. The lowest BCUT2D eigenvalue weighted by atomic mass is 9.82. The van der Waals surface area contributed by atoms with Crippen LogP contribution in [0.25, 0.3) is 0 Å². The zero-order chi connectivity index (χ0) is 11.3. The molecule has 0 aliphatic heterocycles. The molecule has 1 atom stereocenters. The molecule has 1 unspecified atom stereocenters. The third-order valence-electron chi connectivity index (χ3n) is 2.93. The SMILES string of the molecule is C#Cc1ccnc(C(C)(CC)CCC)n1. The Balaban J connectivity index is 3.07. The monoisotopic (exact) mass is 202 g/mol. The molecule has 0 N–H and O–H groups in total. The van der Waals surface area contributed by atoms with Gasteiger partial charge in [0.1, 0.15) is 11.5 Å². The van der Waals surface area contributed by atoms with E-state index in [0.29, 0.717) is 5.69 Å². The quantitative estimate of drug-likeness (QED) is 0.701. The molecule has 1 heterocycles. The second-order valence-electron chi connectivity index (χ2n) is 4.07. The zero-order valence-electron chi connectivity index (χ0n) is 9.75. The molecule has 1 aromatic rings. The highest BCUT2D eigenvalue weighted by Crippen LogP contribution is 2.29. The van der Waals surface area contributed by atoms with E-state index in [9.17, 15) is 0 Å². The van der Waals surface area contributed by atoms with Crippen molar-refractivity contribution >= 4 is 0 Å². The maximum absolute atomic E-state index is 5.34. The van der Waals surface area contributed by atoms with Crippen LogP contribution in [0, 0.1) is 12.3 Å². The van der Waals surface area contributed by atoms with Crippen molar-refractivity contribution in [1.29, 1.82) is 0 Å². The van der Waals surface area contributed by atoms with Crippen molar-refractivity contribution in [2.24, 2.45) is 0 Å². The Morgan fingerprint density at radius 3 is 2.73 bits per heavy atom. The fourth-order valence-electron chi connectivity index (χ4n) is 1.73. The minimum atomic E-state index is 0.0572. The summed E-state index contributed by atoms with van der Waals surface area (Å²) >= 11 is 0. The predicted octanol–water partition coefficient (Wildman–Crippen LogP) is 2.93. The molecule has 0 aliphatic rings. The van der Waals surface area contributed by atoms with Crippen molar-refractivity contribution in [2.75, 3.05) is 0 Å². The predicted molar refractivity (Wildman–Crippen MR) is 62.5 cm³/mol.